The lowest BCUT2D eigenvalue weighted by Crippen LogP contribution is -2.37. The van der Waals surface area contributed by atoms with Gasteiger partial charge in [-0.05, 0) is 6.42 Å². The molecule has 0 aromatic rings. The Balaban J connectivity index is 2.42. The van der Waals surface area contributed by atoms with Crippen LogP contribution in [0.4, 0.5) is 4.79 Å². The Hall–Kier alpha value is -1.17. The molecule has 0 N–H and O–H groups in total. The average Bonchev–Trinajstić information content (AvgIpc) is 1.94. The first-order chi connectivity index (χ1) is 4.84. The maximum Gasteiger partial charge on any atom is 0.410 e. The smallest absolute Gasteiger partial charge is 0.410 e. The number of carbonyl (C=O) groups excluding carboxylic acids is 1. The van der Waals surface area contributed by atoms with Crippen molar-refractivity contribution in [2.24, 2.45) is 0 Å². The summed E-state index contributed by atoms with van der Waals surface area (Å²) in [6, 6.07) is 0. The first kappa shape index (κ1) is 6.94. The van der Waals surface area contributed by atoms with Gasteiger partial charge in [-0.1, -0.05) is 5.92 Å². The molecule has 10 heavy (non-hydrogen) atoms. The predicted octanol–water partition coefficient (Wildman–Crippen LogP) is 0.462. The Morgan fingerprint density at radius 1 is 1.80 bits per heavy atom. The standard InChI is InChI=1S/C7H9NO2/c1-2-4-8-5-3-6-10-7(8)9/h1H,3-6H2. The molecule has 1 rings (SSSR count). The van der Waals surface area contributed by atoms with Gasteiger partial charge >= 0.3 is 6.09 Å². The van der Waals surface area contributed by atoms with Crippen molar-refractivity contribution in [2.45, 2.75) is 6.42 Å². The minimum atomic E-state index is -0.288. The third-order valence-corrected chi connectivity index (χ3v) is 1.34. The van der Waals surface area contributed by atoms with Gasteiger partial charge in [0.1, 0.15) is 0 Å². The van der Waals surface area contributed by atoms with Crippen molar-refractivity contribution in [3.8, 4) is 12.3 Å². The van der Waals surface area contributed by atoms with Crippen LogP contribution in [0.1, 0.15) is 6.42 Å². The highest BCUT2D eigenvalue weighted by Crippen LogP contribution is 2.02. The van der Waals surface area contributed by atoms with Gasteiger partial charge in [0.2, 0.25) is 0 Å². The van der Waals surface area contributed by atoms with Crippen molar-refractivity contribution in [1.82, 2.24) is 4.90 Å². The molecule has 0 bridgehead atoms. The summed E-state index contributed by atoms with van der Waals surface area (Å²) < 4.78 is 4.73. The van der Waals surface area contributed by atoms with Gasteiger partial charge in [0, 0.05) is 6.54 Å². The van der Waals surface area contributed by atoms with E-state index in [4.69, 9.17) is 11.2 Å². The lowest BCUT2D eigenvalue weighted by Gasteiger charge is -2.23. The molecule has 1 fully saturated rings. The fourth-order valence-electron chi connectivity index (χ4n) is 0.851. The van der Waals surface area contributed by atoms with Crippen molar-refractivity contribution in [3.05, 3.63) is 0 Å². The van der Waals surface area contributed by atoms with Crippen LogP contribution < -0.4 is 0 Å². The first-order valence-corrected chi connectivity index (χ1v) is 3.20. The Bertz CT molecular complexity index is 171. The normalized spacial score (nSPS) is 17.9. The van der Waals surface area contributed by atoms with Gasteiger partial charge in [0.05, 0.1) is 13.2 Å². The zero-order chi connectivity index (χ0) is 7.40. The summed E-state index contributed by atoms with van der Waals surface area (Å²) in [6.07, 6.45) is 5.62. The van der Waals surface area contributed by atoms with Crippen LogP contribution in [-0.2, 0) is 4.74 Å². The van der Waals surface area contributed by atoms with Gasteiger partial charge in [-0.2, -0.15) is 0 Å². The number of cyclic esters (lactones) is 1. The number of nitrogens with zero attached hydrogens (tertiary/aromatic N) is 1. The van der Waals surface area contributed by atoms with Crippen LogP contribution in [0.25, 0.3) is 0 Å². The summed E-state index contributed by atoms with van der Waals surface area (Å²) in [7, 11) is 0. The van der Waals surface area contributed by atoms with E-state index < -0.39 is 0 Å². The third kappa shape index (κ3) is 1.41. The number of hydrogen-bond acceptors (Lipinski definition) is 2. The van der Waals surface area contributed by atoms with Crippen molar-refractivity contribution < 1.29 is 9.53 Å². The summed E-state index contributed by atoms with van der Waals surface area (Å²) in [5.74, 6) is 2.39. The van der Waals surface area contributed by atoms with Crippen LogP contribution >= 0.6 is 0 Å². The molecule has 0 saturated carbocycles. The molecule has 54 valence electrons. The van der Waals surface area contributed by atoms with E-state index in [2.05, 4.69) is 5.92 Å². The van der Waals surface area contributed by atoms with Gasteiger partial charge in [0.25, 0.3) is 0 Å². The molecule has 0 aromatic carbocycles. The van der Waals surface area contributed by atoms with Crippen LogP contribution in [0, 0.1) is 12.3 Å². The second kappa shape index (κ2) is 3.11. The molecule has 1 amide bonds. The predicted molar refractivity (Wildman–Crippen MR) is 36.4 cm³/mol. The Kier molecular flexibility index (Phi) is 2.16. The van der Waals surface area contributed by atoms with Gasteiger partial charge in [0.15, 0.2) is 0 Å². The van der Waals surface area contributed by atoms with Crippen molar-refractivity contribution >= 4 is 6.09 Å². The van der Waals surface area contributed by atoms with E-state index in [0.29, 0.717) is 13.2 Å². The zero-order valence-corrected chi connectivity index (χ0v) is 5.67. The van der Waals surface area contributed by atoms with E-state index in [1.165, 1.54) is 4.90 Å². The van der Waals surface area contributed by atoms with Gasteiger partial charge in [-0.15, -0.1) is 6.42 Å². The third-order valence-electron chi connectivity index (χ3n) is 1.34. The highest BCUT2D eigenvalue weighted by atomic mass is 16.6. The average molecular weight is 139 g/mol. The highest BCUT2D eigenvalue weighted by molar-refractivity contribution is 5.68. The molecule has 0 unspecified atom stereocenters. The molecular formula is C7H9NO2. The van der Waals surface area contributed by atoms with Crippen LogP contribution in [-0.4, -0.2) is 30.7 Å². The monoisotopic (exact) mass is 139 g/mol. The SMILES string of the molecule is C#CCN1CCCOC1=O. The van der Waals surface area contributed by atoms with E-state index in [-0.39, 0.29) is 6.09 Å². The van der Waals surface area contributed by atoms with Crippen molar-refractivity contribution in [1.29, 1.82) is 0 Å². The van der Waals surface area contributed by atoms with E-state index in [9.17, 15) is 4.79 Å². The molecule has 1 heterocycles. The fraction of sp³-hybridized carbons (Fsp3) is 0.571. The number of hydrogen-bond donors (Lipinski definition) is 0. The molecule has 0 spiro atoms. The van der Waals surface area contributed by atoms with E-state index >= 15 is 0 Å². The molecule has 0 aliphatic carbocycles. The van der Waals surface area contributed by atoms with Crippen molar-refractivity contribution in [2.75, 3.05) is 19.7 Å². The molecule has 1 aliphatic rings. The van der Waals surface area contributed by atoms with E-state index in [0.717, 1.165) is 13.0 Å². The first-order valence-electron chi connectivity index (χ1n) is 3.20. The summed E-state index contributed by atoms with van der Waals surface area (Å²) in [4.78, 5) is 12.3. The van der Waals surface area contributed by atoms with Gasteiger partial charge in [-0.25, -0.2) is 4.79 Å². The van der Waals surface area contributed by atoms with Crippen LogP contribution in [0.15, 0.2) is 0 Å². The fourth-order valence-corrected chi connectivity index (χ4v) is 0.851. The Labute approximate surface area is 60.0 Å². The lowest BCUT2D eigenvalue weighted by molar-refractivity contribution is 0.0784. The maximum atomic E-state index is 10.8. The number of ether oxygens (including phenoxy) is 1. The number of carbonyl (C=O) groups is 1. The highest BCUT2D eigenvalue weighted by Gasteiger charge is 2.17. The molecular weight excluding hydrogens is 130 g/mol. The number of rotatable bonds is 1. The topological polar surface area (TPSA) is 29.5 Å². The summed E-state index contributed by atoms with van der Waals surface area (Å²) >= 11 is 0. The molecule has 0 aromatic heterocycles. The maximum absolute atomic E-state index is 10.8. The van der Waals surface area contributed by atoms with Crippen molar-refractivity contribution in [3.63, 3.8) is 0 Å². The molecule has 1 saturated heterocycles. The number of amides is 1. The van der Waals surface area contributed by atoms with Crippen LogP contribution in [0.3, 0.4) is 0 Å². The molecule has 1 aliphatic heterocycles. The van der Waals surface area contributed by atoms with E-state index in [1.54, 1.807) is 0 Å². The molecule has 0 radical (unpaired) electrons. The Morgan fingerprint density at radius 2 is 2.60 bits per heavy atom. The minimum absolute atomic E-state index is 0.288. The summed E-state index contributed by atoms with van der Waals surface area (Å²) in [6.45, 7) is 1.61. The zero-order valence-electron chi connectivity index (χ0n) is 5.67. The molecule has 0 atom stereocenters. The molecule has 3 heteroatoms. The summed E-state index contributed by atoms with van der Waals surface area (Å²) in [5.41, 5.74) is 0. The second-order valence-electron chi connectivity index (χ2n) is 2.09. The summed E-state index contributed by atoms with van der Waals surface area (Å²) in [5, 5.41) is 0. The van der Waals surface area contributed by atoms with Gasteiger partial charge < -0.3 is 4.74 Å². The lowest BCUT2D eigenvalue weighted by atomic mass is 10.4. The quantitative estimate of drug-likeness (QED) is 0.494. The van der Waals surface area contributed by atoms with Crippen LogP contribution in [0.5, 0.6) is 0 Å². The van der Waals surface area contributed by atoms with E-state index in [1.807, 2.05) is 0 Å². The van der Waals surface area contributed by atoms with Crippen LogP contribution in [0.2, 0.25) is 0 Å². The molecule has 3 nitrogen and oxygen atoms in total. The minimum Gasteiger partial charge on any atom is -0.449 e. The second-order valence-corrected chi connectivity index (χ2v) is 2.09. The number of terminal acetylenes is 1. The largest absolute Gasteiger partial charge is 0.449 e. The Morgan fingerprint density at radius 3 is 3.20 bits per heavy atom. The van der Waals surface area contributed by atoms with Gasteiger partial charge in [-0.3, -0.25) is 4.90 Å².